The van der Waals surface area contributed by atoms with Crippen molar-refractivity contribution < 1.29 is 5.11 Å². The van der Waals surface area contributed by atoms with E-state index in [4.69, 9.17) is 0 Å². The highest BCUT2D eigenvalue weighted by molar-refractivity contribution is 5.80. The molecule has 0 saturated carbocycles. The van der Waals surface area contributed by atoms with Gasteiger partial charge in [-0.25, -0.2) is 0 Å². The van der Waals surface area contributed by atoms with Gasteiger partial charge in [-0.15, -0.1) is 0 Å². The first-order valence-electron chi connectivity index (χ1n) is 7.15. The molecule has 108 valence electrons. The Morgan fingerprint density at radius 2 is 1.32 bits per heavy atom. The van der Waals surface area contributed by atoms with Gasteiger partial charge in [0, 0.05) is 11.4 Å². The first kappa shape index (κ1) is 14.0. The summed E-state index contributed by atoms with van der Waals surface area (Å²) in [5.41, 5.74) is 3.62. The molecule has 0 unspecified atom stereocenters. The van der Waals surface area contributed by atoms with Crippen molar-refractivity contribution in [3.05, 3.63) is 91.0 Å². The summed E-state index contributed by atoms with van der Waals surface area (Å²) >= 11 is 0. The summed E-state index contributed by atoms with van der Waals surface area (Å²) in [5.74, 6) is 0.227. The van der Waals surface area contributed by atoms with Crippen LogP contribution in [-0.2, 0) is 0 Å². The highest BCUT2D eigenvalue weighted by Gasteiger charge is 2.15. The molecule has 22 heavy (non-hydrogen) atoms. The Hall–Kier alpha value is -3.00. The molecule has 3 aromatic rings. The number of anilines is 3. The Morgan fingerprint density at radius 3 is 1.77 bits per heavy atom. The molecule has 0 heterocycles. The van der Waals surface area contributed by atoms with Gasteiger partial charge in [0.1, 0.15) is 5.75 Å². The van der Waals surface area contributed by atoms with Gasteiger partial charge in [-0.3, -0.25) is 0 Å². The second-order valence-electron chi connectivity index (χ2n) is 4.96. The average Bonchev–Trinajstić information content (AvgIpc) is 2.58. The second-order valence-corrected chi connectivity index (χ2v) is 4.96. The molecule has 2 heteroatoms. The minimum atomic E-state index is 0.227. The monoisotopic (exact) mass is 287 g/mol. The van der Waals surface area contributed by atoms with Crippen LogP contribution in [0.2, 0.25) is 0 Å². The molecule has 0 bridgehead atoms. The van der Waals surface area contributed by atoms with Crippen LogP contribution < -0.4 is 4.90 Å². The summed E-state index contributed by atoms with van der Waals surface area (Å²) in [6.07, 6.45) is 1.72. The summed E-state index contributed by atoms with van der Waals surface area (Å²) < 4.78 is 0. The maximum absolute atomic E-state index is 10.4. The fraction of sp³-hybridized carbons (Fsp3) is 0. The minimum absolute atomic E-state index is 0.227. The molecule has 0 aliphatic heterocycles. The van der Waals surface area contributed by atoms with Crippen LogP contribution in [0, 0.1) is 0 Å². The van der Waals surface area contributed by atoms with Crippen LogP contribution in [0.3, 0.4) is 0 Å². The van der Waals surface area contributed by atoms with E-state index >= 15 is 0 Å². The summed E-state index contributed by atoms with van der Waals surface area (Å²) in [7, 11) is 0. The molecular formula is C20H17NO. The van der Waals surface area contributed by atoms with Crippen molar-refractivity contribution in [3.63, 3.8) is 0 Å². The molecule has 0 amide bonds. The Bertz CT molecular complexity index is 727. The zero-order valence-corrected chi connectivity index (χ0v) is 12.2. The van der Waals surface area contributed by atoms with Crippen molar-refractivity contribution in [2.24, 2.45) is 0 Å². The number of phenols is 1. The molecule has 0 aliphatic rings. The van der Waals surface area contributed by atoms with Crippen LogP contribution in [0.25, 0.3) is 6.08 Å². The van der Waals surface area contributed by atoms with E-state index in [1.807, 2.05) is 77.7 Å². The third-order valence-electron chi connectivity index (χ3n) is 3.50. The second kappa shape index (κ2) is 6.19. The van der Waals surface area contributed by atoms with Crippen molar-refractivity contribution in [1.29, 1.82) is 0 Å². The van der Waals surface area contributed by atoms with Crippen molar-refractivity contribution in [1.82, 2.24) is 0 Å². The van der Waals surface area contributed by atoms with Crippen molar-refractivity contribution in [2.75, 3.05) is 4.90 Å². The van der Waals surface area contributed by atoms with Gasteiger partial charge in [0.15, 0.2) is 0 Å². The van der Waals surface area contributed by atoms with Crippen LogP contribution in [0.15, 0.2) is 85.4 Å². The molecule has 2 nitrogen and oxygen atoms in total. The fourth-order valence-electron chi connectivity index (χ4n) is 2.44. The number of hydrogen-bond acceptors (Lipinski definition) is 2. The van der Waals surface area contributed by atoms with Crippen LogP contribution in [-0.4, -0.2) is 5.11 Å². The first-order chi connectivity index (χ1) is 10.8. The lowest BCUT2D eigenvalue weighted by Gasteiger charge is -2.26. The number of nitrogens with zero attached hydrogens (tertiary/aromatic N) is 1. The molecule has 0 radical (unpaired) electrons. The number of rotatable bonds is 4. The molecule has 0 aliphatic carbocycles. The van der Waals surface area contributed by atoms with Crippen LogP contribution in [0.5, 0.6) is 5.75 Å². The quantitative estimate of drug-likeness (QED) is 0.684. The smallest absolute Gasteiger partial charge is 0.140 e. The number of para-hydroxylation sites is 2. The van der Waals surface area contributed by atoms with Gasteiger partial charge in [-0.05, 0) is 42.0 Å². The Morgan fingerprint density at radius 1 is 0.773 bits per heavy atom. The van der Waals surface area contributed by atoms with Gasteiger partial charge in [-0.1, -0.05) is 55.1 Å². The Balaban J connectivity index is 2.16. The highest BCUT2D eigenvalue weighted by atomic mass is 16.3. The third kappa shape index (κ3) is 2.72. The predicted octanol–water partition coefficient (Wildman–Crippen LogP) is 5.51. The van der Waals surface area contributed by atoms with Gasteiger partial charge in [-0.2, -0.15) is 0 Å². The number of aromatic hydroxyl groups is 1. The van der Waals surface area contributed by atoms with E-state index in [-0.39, 0.29) is 5.75 Å². The van der Waals surface area contributed by atoms with Gasteiger partial charge in [0.25, 0.3) is 0 Å². The van der Waals surface area contributed by atoms with Crippen LogP contribution in [0.4, 0.5) is 17.1 Å². The van der Waals surface area contributed by atoms with Crippen LogP contribution >= 0.6 is 0 Å². The van der Waals surface area contributed by atoms with Gasteiger partial charge >= 0.3 is 0 Å². The molecule has 0 aromatic heterocycles. The van der Waals surface area contributed by atoms with Crippen molar-refractivity contribution in [2.45, 2.75) is 0 Å². The molecule has 0 saturated heterocycles. The number of phenolic OH excluding ortho intramolecular Hbond substituents is 1. The topological polar surface area (TPSA) is 23.5 Å². The van der Waals surface area contributed by atoms with Crippen molar-refractivity contribution in [3.8, 4) is 5.75 Å². The Labute approximate surface area is 130 Å². The largest absolute Gasteiger partial charge is 0.506 e. The highest BCUT2D eigenvalue weighted by Crippen LogP contribution is 2.39. The standard InChI is InChI=1S/C20H17NO/c1-2-16-13-14-19(20(22)15-16)21(17-9-5-3-6-10-17)18-11-7-4-8-12-18/h2-15,22H,1H2. The van der Waals surface area contributed by atoms with Crippen LogP contribution in [0.1, 0.15) is 5.56 Å². The predicted molar refractivity (Wildman–Crippen MR) is 92.9 cm³/mol. The number of hydrogen-bond donors (Lipinski definition) is 1. The molecule has 0 fully saturated rings. The lowest BCUT2D eigenvalue weighted by Crippen LogP contribution is -2.09. The van der Waals surface area contributed by atoms with E-state index in [1.54, 1.807) is 12.1 Å². The van der Waals surface area contributed by atoms with E-state index in [9.17, 15) is 5.11 Å². The molecule has 3 aromatic carbocycles. The molecule has 1 N–H and O–H groups in total. The van der Waals surface area contributed by atoms with E-state index < -0.39 is 0 Å². The molecule has 0 atom stereocenters. The summed E-state index contributed by atoms with van der Waals surface area (Å²) in [6.45, 7) is 3.74. The van der Waals surface area contributed by atoms with E-state index in [0.717, 1.165) is 22.6 Å². The lowest BCUT2D eigenvalue weighted by molar-refractivity contribution is 0.476. The van der Waals surface area contributed by atoms with E-state index in [1.165, 1.54) is 0 Å². The van der Waals surface area contributed by atoms with Gasteiger partial charge in [0.05, 0.1) is 5.69 Å². The van der Waals surface area contributed by atoms with Crippen molar-refractivity contribution >= 4 is 23.1 Å². The van der Waals surface area contributed by atoms with Gasteiger partial charge < -0.3 is 10.0 Å². The molecular weight excluding hydrogens is 270 g/mol. The fourth-order valence-corrected chi connectivity index (χ4v) is 2.44. The average molecular weight is 287 g/mol. The lowest BCUT2D eigenvalue weighted by atomic mass is 10.1. The zero-order chi connectivity index (χ0) is 15.4. The summed E-state index contributed by atoms with van der Waals surface area (Å²) in [6, 6.07) is 25.6. The summed E-state index contributed by atoms with van der Waals surface area (Å²) in [5, 5.41) is 10.4. The third-order valence-corrected chi connectivity index (χ3v) is 3.50. The number of benzene rings is 3. The van der Waals surface area contributed by atoms with E-state index in [2.05, 4.69) is 6.58 Å². The zero-order valence-electron chi connectivity index (χ0n) is 12.2. The maximum atomic E-state index is 10.4. The molecule has 0 spiro atoms. The van der Waals surface area contributed by atoms with Gasteiger partial charge in [0.2, 0.25) is 0 Å². The Kier molecular flexibility index (Phi) is 3.92. The minimum Gasteiger partial charge on any atom is -0.506 e. The maximum Gasteiger partial charge on any atom is 0.140 e. The normalized spacial score (nSPS) is 10.2. The SMILES string of the molecule is C=Cc1ccc(N(c2ccccc2)c2ccccc2)c(O)c1. The van der Waals surface area contributed by atoms with E-state index in [0.29, 0.717) is 0 Å². The molecule has 3 rings (SSSR count). The summed E-state index contributed by atoms with van der Waals surface area (Å²) in [4.78, 5) is 2.03. The first-order valence-corrected chi connectivity index (χ1v) is 7.15.